The van der Waals surface area contributed by atoms with E-state index in [2.05, 4.69) is 16.5 Å². The predicted octanol–water partition coefficient (Wildman–Crippen LogP) is 4.51. The van der Waals surface area contributed by atoms with E-state index in [0.29, 0.717) is 22.5 Å². The van der Waals surface area contributed by atoms with Crippen LogP contribution in [0, 0.1) is 0 Å². The first-order chi connectivity index (χ1) is 12.5. The smallest absolute Gasteiger partial charge is 0.240 e. The first kappa shape index (κ1) is 18.1. The average Bonchev–Trinajstić information content (AvgIpc) is 3.02. The standard InChI is InChI=1S/C19H16ClN3O2S/c1-3-8-15-16(17-11-12-21-19(20)22-17)13-23(18(15)4-2)26(24,25)14-9-6-5-7-10-14/h3-13H,2H2,1H3/b8-3-. The van der Waals surface area contributed by atoms with Crippen LogP contribution in [0.2, 0.25) is 5.28 Å². The first-order valence-electron chi connectivity index (χ1n) is 7.79. The topological polar surface area (TPSA) is 64.8 Å². The lowest BCUT2D eigenvalue weighted by molar-refractivity contribution is 0.587. The Hall–Kier alpha value is -2.70. The first-order valence-corrected chi connectivity index (χ1v) is 9.61. The fraction of sp³-hybridized carbons (Fsp3) is 0.0526. The Labute approximate surface area is 157 Å². The Morgan fingerprint density at radius 3 is 2.54 bits per heavy atom. The molecule has 0 atom stereocenters. The van der Waals surface area contributed by atoms with Gasteiger partial charge in [-0.3, -0.25) is 0 Å². The van der Waals surface area contributed by atoms with Crippen molar-refractivity contribution in [3.63, 3.8) is 0 Å². The molecule has 0 fully saturated rings. The van der Waals surface area contributed by atoms with E-state index >= 15 is 0 Å². The maximum Gasteiger partial charge on any atom is 0.268 e. The predicted molar refractivity (Wildman–Crippen MR) is 104 cm³/mol. The molecule has 2 heterocycles. The minimum absolute atomic E-state index is 0.0905. The zero-order valence-electron chi connectivity index (χ0n) is 14.0. The summed E-state index contributed by atoms with van der Waals surface area (Å²) in [7, 11) is -3.78. The van der Waals surface area contributed by atoms with E-state index in [9.17, 15) is 8.42 Å². The van der Waals surface area contributed by atoms with Crippen molar-refractivity contribution in [2.75, 3.05) is 0 Å². The molecule has 0 saturated heterocycles. The monoisotopic (exact) mass is 385 g/mol. The molecule has 132 valence electrons. The number of hydrogen-bond acceptors (Lipinski definition) is 4. The van der Waals surface area contributed by atoms with Crippen molar-refractivity contribution in [1.82, 2.24) is 13.9 Å². The molecule has 1 aromatic carbocycles. The summed E-state index contributed by atoms with van der Waals surface area (Å²) in [5.74, 6) is 0. The SMILES string of the molecule is C=Cc1c(/C=C\C)c(-c2ccnc(Cl)n2)cn1S(=O)(=O)c1ccccc1. The molecule has 0 radical (unpaired) electrons. The molecular formula is C19H16ClN3O2S. The van der Waals surface area contributed by atoms with E-state index in [-0.39, 0.29) is 10.2 Å². The summed E-state index contributed by atoms with van der Waals surface area (Å²) in [5.41, 5.74) is 2.30. The minimum Gasteiger partial charge on any atom is -0.240 e. The van der Waals surface area contributed by atoms with Crippen LogP contribution in [0.5, 0.6) is 0 Å². The molecule has 5 nitrogen and oxygen atoms in total. The Morgan fingerprint density at radius 2 is 1.92 bits per heavy atom. The van der Waals surface area contributed by atoms with Gasteiger partial charge in [-0.15, -0.1) is 0 Å². The van der Waals surface area contributed by atoms with Gasteiger partial charge in [0, 0.05) is 23.5 Å². The molecule has 0 aliphatic carbocycles. The van der Waals surface area contributed by atoms with Crippen LogP contribution in [0.25, 0.3) is 23.4 Å². The lowest BCUT2D eigenvalue weighted by Crippen LogP contribution is -2.13. The molecule has 26 heavy (non-hydrogen) atoms. The number of nitrogens with zero attached hydrogens (tertiary/aromatic N) is 3. The highest BCUT2D eigenvalue weighted by molar-refractivity contribution is 7.90. The maximum atomic E-state index is 13.1. The lowest BCUT2D eigenvalue weighted by Gasteiger charge is -2.08. The van der Waals surface area contributed by atoms with Crippen LogP contribution < -0.4 is 0 Å². The zero-order valence-corrected chi connectivity index (χ0v) is 15.6. The third-order valence-electron chi connectivity index (χ3n) is 3.78. The summed E-state index contributed by atoms with van der Waals surface area (Å²) in [6.07, 6.45) is 8.23. The van der Waals surface area contributed by atoms with Gasteiger partial charge in [0.25, 0.3) is 10.0 Å². The fourth-order valence-corrected chi connectivity index (χ4v) is 4.20. The highest BCUT2D eigenvalue weighted by Crippen LogP contribution is 2.32. The molecule has 0 saturated carbocycles. The normalized spacial score (nSPS) is 11.8. The van der Waals surface area contributed by atoms with Gasteiger partial charge in [-0.25, -0.2) is 22.4 Å². The van der Waals surface area contributed by atoms with Gasteiger partial charge in [-0.2, -0.15) is 0 Å². The van der Waals surface area contributed by atoms with E-state index in [1.807, 2.05) is 19.1 Å². The molecule has 2 aromatic heterocycles. The van der Waals surface area contributed by atoms with Gasteiger partial charge in [0.1, 0.15) is 0 Å². The third kappa shape index (κ3) is 3.21. The van der Waals surface area contributed by atoms with Gasteiger partial charge in [0.15, 0.2) is 0 Å². The number of halogens is 1. The van der Waals surface area contributed by atoms with Crippen molar-refractivity contribution in [1.29, 1.82) is 0 Å². The third-order valence-corrected chi connectivity index (χ3v) is 5.65. The second-order valence-corrected chi connectivity index (χ2v) is 7.52. The number of rotatable bonds is 5. The van der Waals surface area contributed by atoms with Gasteiger partial charge >= 0.3 is 0 Å². The minimum atomic E-state index is -3.78. The van der Waals surface area contributed by atoms with Crippen LogP contribution in [-0.4, -0.2) is 22.4 Å². The molecule has 0 unspecified atom stereocenters. The average molecular weight is 386 g/mol. The lowest BCUT2D eigenvalue weighted by atomic mass is 10.1. The Bertz CT molecular complexity index is 1090. The molecule has 7 heteroatoms. The van der Waals surface area contributed by atoms with Crippen molar-refractivity contribution >= 4 is 33.8 Å². The molecule has 0 spiro atoms. The Morgan fingerprint density at radius 1 is 1.19 bits per heavy atom. The quantitative estimate of drug-likeness (QED) is 0.606. The van der Waals surface area contributed by atoms with Crippen molar-refractivity contribution in [3.8, 4) is 11.3 Å². The van der Waals surface area contributed by atoms with E-state index in [0.717, 1.165) is 0 Å². The highest BCUT2D eigenvalue weighted by Gasteiger charge is 2.24. The molecule has 3 rings (SSSR count). The molecule has 0 aliphatic heterocycles. The molecule has 0 aliphatic rings. The maximum absolute atomic E-state index is 13.1. The molecule has 3 aromatic rings. The second-order valence-electron chi connectivity index (χ2n) is 5.37. The van der Waals surface area contributed by atoms with Crippen LogP contribution in [-0.2, 0) is 10.0 Å². The number of hydrogen-bond donors (Lipinski definition) is 0. The largest absolute Gasteiger partial charge is 0.268 e. The molecule has 0 amide bonds. The second kappa shape index (κ2) is 7.27. The Balaban J connectivity index is 2.31. The van der Waals surface area contributed by atoms with Crippen molar-refractivity contribution < 1.29 is 8.42 Å². The summed E-state index contributed by atoms with van der Waals surface area (Å²) in [5, 5.41) is 0.0905. The summed E-state index contributed by atoms with van der Waals surface area (Å²) < 4.78 is 27.4. The fourth-order valence-electron chi connectivity index (χ4n) is 2.65. The van der Waals surface area contributed by atoms with Gasteiger partial charge in [-0.05, 0) is 42.8 Å². The molecule has 0 N–H and O–H groups in total. The summed E-state index contributed by atoms with van der Waals surface area (Å²) in [6, 6.07) is 9.92. The van der Waals surface area contributed by atoms with Crippen LogP contribution in [0.15, 0.2) is 66.3 Å². The van der Waals surface area contributed by atoms with Gasteiger partial charge < -0.3 is 0 Å². The molecule has 0 bridgehead atoms. The molecular weight excluding hydrogens is 370 g/mol. The van der Waals surface area contributed by atoms with Crippen LogP contribution in [0.1, 0.15) is 18.2 Å². The van der Waals surface area contributed by atoms with Gasteiger partial charge in [-0.1, -0.05) is 36.9 Å². The Kier molecular flexibility index (Phi) is 5.06. The highest BCUT2D eigenvalue weighted by atomic mass is 35.5. The summed E-state index contributed by atoms with van der Waals surface area (Å²) in [4.78, 5) is 8.28. The van der Waals surface area contributed by atoms with Crippen molar-refractivity contribution in [3.05, 3.63) is 78.0 Å². The van der Waals surface area contributed by atoms with Gasteiger partial charge in [0.05, 0.1) is 16.3 Å². The van der Waals surface area contributed by atoms with Crippen LogP contribution in [0.4, 0.5) is 0 Å². The zero-order chi connectivity index (χ0) is 18.7. The van der Waals surface area contributed by atoms with Crippen LogP contribution in [0.3, 0.4) is 0 Å². The van der Waals surface area contributed by atoms with E-state index < -0.39 is 10.0 Å². The van der Waals surface area contributed by atoms with Crippen molar-refractivity contribution in [2.24, 2.45) is 0 Å². The van der Waals surface area contributed by atoms with E-state index in [1.54, 1.807) is 36.4 Å². The number of allylic oxidation sites excluding steroid dienone is 1. The summed E-state index contributed by atoms with van der Waals surface area (Å²) >= 11 is 5.90. The summed E-state index contributed by atoms with van der Waals surface area (Å²) in [6.45, 7) is 5.64. The van der Waals surface area contributed by atoms with Crippen LogP contribution >= 0.6 is 11.6 Å². The number of aromatic nitrogens is 3. The van der Waals surface area contributed by atoms with Gasteiger partial charge in [0.2, 0.25) is 5.28 Å². The van der Waals surface area contributed by atoms with Crippen molar-refractivity contribution in [2.45, 2.75) is 11.8 Å². The van der Waals surface area contributed by atoms with E-state index in [4.69, 9.17) is 11.6 Å². The number of benzene rings is 1. The van der Waals surface area contributed by atoms with E-state index in [1.165, 1.54) is 22.4 Å².